The highest BCUT2D eigenvalue weighted by Gasteiger charge is 2.18. The number of anilines is 1. The number of carbonyl (C=O) groups excluding carboxylic acids is 1. The van der Waals surface area contributed by atoms with Crippen molar-refractivity contribution in [2.24, 2.45) is 0 Å². The Morgan fingerprint density at radius 3 is 2.29 bits per heavy atom. The first-order chi connectivity index (χ1) is 9.78. The summed E-state index contributed by atoms with van der Waals surface area (Å²) in [4.78, 5) is 23.2. The third kappa shape index (κ3) is 3.51. The van der Waals surface area contributed by atoms with Crippen molar-refractivity contribution in [1.29, 1.82) is 0 Å². The number of fused-ring (bicyclic) bond motifs is 1. The quantitative estimate of drug-likeness (QED) is 0.878. The van der Waals surface area contributed by atoms with Gasteiger partial charge in [0.15, 0.2) is 0 Å². The van der Waals surface area contributed by atoms with Gasteiger partial charge in [0, 0.05) is 5.39 Å². The van der Waals surface area contributed by atoms with Gasteiger partial charge >= 0.3 is 12.1 Å². The molecule has 0 aliphatic rings. The lowest BCUT2D eigenvalue weighted by molar-refractivity contribution is 0.0633. The van der Waals surface area contributed by atoms with E-state index >= 15 is 0 Å². The van der Waals surface area contributed by atoms with Gasteiger partial charge in [0.25, 0.3) is 0 Å². The van der Waals surface area contributed by atoms with Crippen LogP contribution in [0.4, 0.5) is 10.5 Å². The number of amides is 1. The molecule has 0 aliphatic carbocycles. The molecule has 2 N–H and O–H groups in total. The van der Waals surface area contributed by atoms with Crippen LogP contribution in [-0.4, -0.2) is 22.8 Å². The van der Waals surface area contributed by atoms with Gasteiger partial charge in [-0.25, -0.2) is 9.59 Å². The van der Waals surface area contributed by atoms with E-state index < -0.39 is 17.7 Å². The summed E-state index contributed by atoms with van der Waals surface area (Å²) in [7, 11) is 0. The van der Waals surface area contributed by atoms with Gasteiger partial charge in [-0.2, -0.15) is 0 Å². The predicted octanol–water partition coefficient (Wildman–Crippen LogP) is 3.89. The summed E-state index contributed by atoms with van der Waals surface area (Å²) in [5.41, 5.74) is -0.0662. The molecule has 2 aromatic rings. The van der Waals surface area contributed by atoms with Crippen LogP contribution in [0.2, 0.25) is 0 Å². The summed E-state index contributed by atoms with van der Waals surface area (Å²) in [5.74, 6) is -1.04. The minimum absolute atomic E-state index is 0.138. The standard InChI is InChI=1S/C16H17NO4/c1-16(2,3)21-15(20)17-12-9-5-7-10-6-4-8-11(13(10)12)14(18)19/h4-9H,1-3H3,(H,17,20)(H,18,19). The summed E-state index contributed by atoms with van der Waals surface area (Å²) in [6.45, 7) is 5.29. The fraction of sp³-hybridized carbons (Fsp3) is 0.250. The molecule has 0 fully saturated rings. The molecule has 5 heteroatoms. The molecule has 2 rings (SSSR count). The maximum Gasteiger partial charge on any atom is 0.412 e. The normalized spacial score (nSPS) is 11.2. The highest BCUT2D eigenvalue weighted by molar-refractivity contribution is 6.11. The summed E-state index contributed by atoms with van der Waals surface area (Å²) in [6, 6.07) is 10.2. The predicted molar refractivity (Wildman–Crippen MR) is 80.8 cm³/mol. The number of aromatic carboxylic acids is 1. The van der Waals surface area contributed by atoms with E-state index in [1.54, 1.807) is 51.1 Å². The first kappa shape index (κ1) is 14.8. The Morgan fingerprint density at radius 1 is 1.10 bits per heavy atom. The van der Waals surface area contributed by atoms with Gasteiger partial charge in [-0.3, -0.25) is 5.32 Å². The summed E-state index contributed by atoms with van der Waals surface area (Å²) in [5, 5.41) is 13.1. The Kier molecular flexibility index (Phi) is 3.84. The van der Waals surface area contributed by atoms with E-state index in [9.17, 15) is 14.7 Å². The minimum atomic E-state index is -1.04. The maximum absolute atomic E-state index is 11.9. The van der Waals surface area contributed by atoms with Crippen LogP contribution in [0.25, 0.3) is 10.8 Å². The van der Waals surface area contributed by atoms with Gasteiger partial charge < -0.3 is 9.84 Å². The topological polar surface area (TPSA) is 75.6 Å². The Bertz CT molecular complexity index is 696. The maximum atomic E-state index is 11.9. The van der Waals surface area contributed by atoms with Crippen LogP contribution in [0, 0.1) is 0 Å². The van der Waals surface area contributed by atoms with Crippen molar-refractivity contribution in [1.82, 2.24) is 0 Å². The third-order valence-corrected chi connectivity index (χ3v) is 2.77. The zero-order valence-corrected chi connectivity index (χ0v) is 12.1. The van der Waals surface area contributed by atoms with E-state index in [0.29, 0.717) is 11.1 Å². The van der Waals surface area contributed by atoms with Crippen LogP contribution in [0.15, 0.2) is 36.4 Å². The Balaban J connectivity index is 2.45. The molecule has 0 aromatic heterocycles. The van der Waals surface area contributed by atoms with Crippen LogP contribution in [-0.2, 0) is 4.74 Å². The Hall–Kier alpha value is -2.56. The van der Waals surface area contributed by atoms with E-state index in [1.807, 2.05) is 0 Å². The van der Waals surface area contributed by atoms with Crippen LogP contribution in [0.5, 0.6) is 0 Å². The Labute approximate surface area is 122 Å². The van der Waals surface area contributed by atoms with E-state index in [4.69, 9.17) is 4.74 Å². The second-order valence-corrected chi connectivity index (χ2v) is 5.64. The third-order valence-electron chi connectivity index (χ3n) is 2.77. The number of benzene rings is 2. The monoisotopic (exact) mass is 287 g/mol. The van der Waals surface area contributed by atoms with Crippen molar-refractivity contribution in [3.8, 4) is 0 Å². The van der Waals surface area contributed by atoms with Crippen molar-refractivity contribution in [3.63, 3.8) is 0 Å². The van der Waals surface area contributed by atoms with Gasteiger partial charge in [-0.05, 0) is 38.3 Å². The van der Waals surface area contributed by atoms with Crippen molar-refractivity contribution >= 4 is 28.5 Å². The van der Waals surface area contributed by atoms with E-state index in [0.717, 1.165) is 5.39 Å². The minimum Gasteiger partial charge on any atom is -0.478 e. The largest absolute Gasteiger partial charge is 0.478 e. The fourth-order valence-corrected chi connectivity index (χ4v) is 2.04. The second kappa shape index (κ2) is 5.44. The number of carboxylic acids is 1. The van der Waals surface area contributed by atoms with Crippen LogP contribution in [0.3, 0.4) is 0 Å². The van der Waals surface area contributed by atoms with E-state index in [1.165, 1.54) is 6.07 Å². The molecule has 0 saturated carbocycles. The molecule has 110 valence electrons. The lowest BCUT2D eigenvalue weighted by Crippen LogP contribution is -2.27. The van der Waals surface area contributed by atoms with Crippen LogP contribution in [0.1, 0.15) is 31.1 Å². The van der Waals surface area contributed by atoms with Crippen LogP contribution >= 0.6 is 0 Å². The summed E-state index contributed by atoms with van der Waals surface area (Å²) < 4.78 is 5.19. The van der Waals surface area contributed by atoms with E-state index in [-0.39, 0.29) is 5.56 Å². The molecule has 1 amide bonds. The van der Waals surface area contributed by atoms with Crippen molar-refractivity contribution < 1.29 is 19.4 Å². The molecule has 0 aliphatic heterocycles. The molecule has 0 unspecified atom stereocenters. The summed E-state index contributed by atoms with van der Waals surface area (Å²) >= 11 is 0. The fourth-order valence-electron chi connectivity index (χ4n) is 2.04. The molecular weight excluding hydrogens is 270 g/mol. The number of carboxylic acid groups (broad SMARTS) is 1. The van der Waals surface area contributed by atoms with Crippen molar-refractivity contribution in [3.05, 3.63) is 42.0 Å². The zero-order valence-electron chi connectivity index (χ0n) is 12.1. The molecule has 0 radical (unpaired) electrons. The number of carbonyl (C=O) groups is 2. The number of nitrogens with one attached hydrogen (secondary N) is 1. The zero-order chi connectivity index (χ0) is 15.6. The number of ether oxygens (including phenoxy) is 1. The smallest absolute Gasteiger partial charge is 0.412 e. The molecule has 2 aromatic carbocycles. The van der Waals surface area contributed by atoms with Gasteiger partial charge in [-0.15, -0.1) is 0 Å². The first-order valence-electron chi connectivity index (χ1n) is 6.53. The van der Waals surface area contributed by atoms with E-state index in [2.05, 4.69) is 5.32 Å². The average molecular weight is 287 g/mol. The molecule has 0 saturated heterocycles. The van der Waals surface area contributed by atoms with Crippen molar-refractivity contribution in [2.45, 2.75) is 26.4 Å². The van der Waals surface area contributed by atoms with Gasteiger partial charge in [0.1, 0.15) is 5.60 Å². The van der Waals surface area contributed by atoms with Gasteiger partial charge in [-0.1, -0.05) is 24.3 Å². The van der Waals surface area contributed by atoms with Gasteiger partial charge in [0.2, 0.25) is 0 Å². The molecule has 5 nitrogen and oxygen atoms in total. The molecule has 0 atom stereocenters. The first-order valence-corrected chi connectivity index (χ1v) is 6.53. The molecular formula is C16H17NO4. The second-order valence-electron chi connectivity index (χ2n) is 5.64. The molecule has 0 bridgehead atoms. The SMILES string of the molecule is CC(C)(C)OC(=O)Nc1cccc2cccc(C(=O)O)c12. The lowest BCUT2D eigenvalue weighted by atomic mass is 10.0. The molecule has 0 heterocycles. The molecule has 0 spiro atoms. The average Bonchev–Trinajstić information content (AvgIpc) is 2.35. The Morgan fingerprint density at radius 2 is 1.71 bits per heavy atom. The summed E-state index contributed by atoms with van der Waals surface area (Å²) in [6.07, 6.45) is -0.616. The number of hydrogen-bond acceptors (Lipinski definition) is 3. The number of rotatable bonds is 2. The lowest BCUT2D eigenvalue weighted by Gasteiger charge is -2.20. The highest BCUT2D eigenvalue weighted by Crippen LogP contribution is 2.27. The molecule has 21 heavy (non-hydrogen) atoms. The van der Waals surface area contributed by atoms with Gasteiger partial charge in [0.05, 0.1) is 11.3 Å². The van der Waals surface area contributed by atoms with Crippen molar-refractivity contribution in [2.75, 3.05) is 5.32 Å². The number of hydrogen-bond donors (Lipinski definition) is 2. The highest BCUT2D eigenvalue weighted by atomic mass is 16.6. The van der Waals surface area contributed by atoms with Crippen LogP contribution < -0.4 is 5.32 Å².